The summed E-state index contributed by atoms with van der Waals surface area (Å²) in [5, 5.41) is 18.0. The number of carbonyl (C=O) groups excluding carboxylic acids is 2. The molecule has 0 spiro atoms. The number of aliphatic carboxylic acids is 1. The van der Waals surface area contributed by atoms with E-state index >= 15 is 0 Å². The number of hydrogen-bond acceptors (Lipinski definition) is 4. The zero-order valence-corrected chi connectivity index (χ0v) is 18.6. The van der Waals surface area contributed by atoms with Crippen LogP contribution in [0.25, 0.3) is 0 Å². The Balaban J connectivity index is 1.57. The maximum Gasteiger partial charge on any atom is 0.326 e. The third kappa shape index (κ3) is 7.09. The summed E-state index contributed by atoms with van der Waals surface area (Å²) < 4.78 is 0. The van der Waals surface area contributed by atoms with Gasteiger partial charge in [0.25, 0.3) is 0 Å². The third-order valence-electron chi connectivity index (χ3n) is 7.53. The summed E-state index contributed by atoms with van der Waals surface area (Å²) in [5.74, 6) is 0.533. The van der Waals surface area contributed by atoms with E-state index in [9.17, 15) is 19.5 Å². The summed E-state index contributed by atoms with van der Waals surface area (Å²) in [6.07, 6.45) is 12.7. The number of carboxylic acid groups (broad SMARTS) is 1. The van der Waals surface area contributed by atoms with Gasteiger partial charge < -0.3 is 26.8 Å². The van der Waals surface area contributed by atoms with Gasteiger partial charge in [-0.05, 0) is 69.2 Å². The molecule has 0 aromatic heterocycles. The number of fused-ring (bicyclic) bond motifs is 2. The SMILES string of the molecule is NCCCC[C@H](NC(=O)N[C@@H](CC1CCCCC1)C(=O)NC1CC2CCC1C2)C(=O)O. The van der Waals surface area contributed by atoms with E-state index in [0.29, 0.717) is 44.1 Å². The molecule has 3 amide bonds. The van der Waals surface area contributed by atoms with Crippen molar-refractivity contribution in [2.24, 2.45) is 23.5 Å². The molecule has 8 nitrogen and oxygen atoms in total. The molecular weight excluding hydrogens is 396 g/mol. The Labute approximate surface area is 185 Å². The normalized spacial score (nSPS) is 27.5. The molecule has 3 rings (SSSR count). The lowest BCUT2D eigenvalue weighted by molar-refractivity contribution is -0.139. The molecule has 8 heteroatoms. The fourth-order valence-electron chi connectivity index (χ4n) is 5.80. The lowest BCUT2D eigenvalue weighted by atomic mass is 9.84. The second-order valence-electron chi connectivity index (χ2n) is 9.88. The zero-order chi connectivity index (χ0) is 22.2. The van der Waals surface area contributed by atoms with Gasteiger partial charge in [-0.1, -0.05) is 38.5 Å². The minimum absolute atomic E-state index is 0.117. The summed E-state index contributed by atoms with van der Waals surface area (Å²) in [4.78, 5) is 37.3. The Hall–Kier alpha value is -1.83. The minimum atomic E-state index is -1.07. The van der Waals surface area contributed by atoms with Gasteiger partial charge in [0.2, 0.25) is 5.91 Å². The Morgan fingerprint density at radius 1 is 0.935 bits per heavy atom. The summed E-state index contributed by atoms with van der Waals surface area (Å²) in [5.41, 5.74) is 5.48. The van der Waals surface area contributed by atoms with E-state index in [0.717, 1.165) is 25.2 Å². The average Bonchev–Trinajstić information content (AvgIpc) is 3.36. The maximum absolute atomic E-state index is 13.1. The van der Waals surface area contributed by atoms with Crippen molar-refractivity contribution in [3.05, 3.63) is 0 Å². The van der Waals surface area contributed by atoms with Crippen LogP contribution in [-0.4, -0.2) is 47.7 Å². The van der Waals surface area contributed by atoms with Gasteiger partial charge >= 0.3 is 12.0 Å². The van der Waals surface area contributed by atoms with Crippen LogP contribution >= 0.6 is 0 Å². The van der Waals surface area contributed by atoms with Crippen molar-refractivity contribution in [3.63, 3.8) is 0 Å². The first-order valence-electron chi connectivity index (χ1n) is 12.3. The Kier molecular flexibility index (Phi) is 8.99. The number of amides is 3. The second kappa shape index (κ2) is 11.7. The van der Waals surface area contributed by atoms with Crippen LogP contribution in [0.4, 0.5) is 4.79 Å². The van der Waals surface area contributed by atoms with Gasteiger partial charge in [-0.3, -0.25) is 4.79 Å². The van der Waals surface area contributed by atoms with Crippen LogP contribution in [0.15, 0.2) is 0 Å². The predicted octanol–water partition coefficient (Wildman–Crippen LogP) is 2.51. The fourth-order valence-corrected chi connectivity index (χ4v) is 5.80. The number of carboxylic acids is 1. The monoisotopic (exact) mass is 436 g/mol. The van der Waals surface area contributed by atoms with Gasteiger partial charge in [0.1, 0.15) is 12.1 Å². The van der Waals surface area contributed by atoms with Crippen molar-refractivity contribution in [2.45, 2.75) is 102 Å². The lowest BCUT2D eigenvalue weighted by Gasteiger charge is -2.29. The molecule has 2 bridgehead atoms. The Morgan fingerprint density at radius 3 is 2.29 bits per heavy atom. The summed E-state index contributed by atoms with van der Waals surface area (Å²) in [7, 11) is 0. The quantitative estimate of drug-likeness (QED) is 0.317. The molecule has 3 aliphatic rings. The van der Waals surface area contributed by atoms with Crippen LogP contribution in [0, 0.1) is 17.8 Å². The van der Waals surface area contributed by atoms with Crippen LogP contribution < -0.4 is 21.7 Å². The first-order chi connectivity index (χ1) is 15.0. The molecule has 6 N–H and O–H groups in total. The van der Waals surface area contributed by atoms with Crippen molar-refractivity contribution < 1.29 is 19.5 Å². The topological polar surface area (TPSA) is 134 Å². The number of hydrogen-bond donors (Lipinski definition) is 5. The second-order valence-corrected chi connectivity index (χ2v) is 9.88. The highest BCUT2D eigenvalue weighted by molar-refractivity contribution is 5.89. The van der Waals surface area contributed by atoms with Gasteiger partial charge in [0.15, 0.2) is 0 Å². The van der Waals surface area contributed by atoms with Crippen molar-refractivity contribution in [2.75, 3.05) is 6.54 Å². The smallest absolute Gasteiger partial charge is 0.326 e. The number of unbranched alkanes of at least 4 members (excludes halogenated alkanes) is 1. The van der Waals surface area contributed by atoms with Crippen LogP contribution in [0.5, 0.6) is 0 Å². The van der Waals surface area contributed by atoms with Gasteiger partial charge in [0.05, 0.1) is 0 Å². The molecule has 0 aromatic rings. The van der Waals surface area contributed by atoms with Crippen molar-refractivity contribution in [1.29, 1.82) is 0 Å². The van der Waals surface area contributed by atoms with E-state index in [1.54, 1.807) is 0 Å². The number of urea groups is 1. The van der Waals surface area contributed by atoms with E-state index in [-0.39, 0.29) is 11.9 Å². The number of carbonyl (C=O) groups is 3. The van der Waals surface area contributed by atoms with Gasteiger partial charge in [-0.15, -0.1) is 0 Å². The first-order valence-corrected chi connectivity index (χ1v) is 12.3. The number of rotatable bonds is 11. The van der Waals surface area contributed by atoms with Crippen LogP contribution in [0.1, 0.15) is 83.5 Å². The lowest BCUT2D eigenvalue weighted by Crippen LogP contribution is -2.55. The number of nitrogens with two attached hydrogens (primary N) is 1. The maximum atomic E-state index is 13.1. The van der Waals surface area contributed by atoms with E-state index in [2.05, 4.69) is 16.0 Å². The number of nitrogens with one attached hydrogen (secondary N) is 3. The highest BCUT2D eigenvalue weighted by atomic mass is 16.4. The first kappa shape index (κ1) is 23.8. The summed E-state index contributed by atoms with van der Waals surface area (Å²) in [6, 6.07) is -1.96. The third-order valence-corrected chi connectivity index (χ3v) is 7.53. The molecule has 31 heavy (non-hydrogen) atoms. The van der Waals surface area contributed by atoms with Crippen LogP contribution in [0.2, 0.25) is 0 Å². The largest absolute Gasteiger partial charge is 0.480 e. The van der Waals surface area contributed by atoms with E-state index < -0.39 is 24.1 Å². The van der Waals surface area contributed by atoms with Crippen molar-refractivity contribution in [1.82, 2.24) is 16.0 Å². The van der Waals surface area contributed by atoms with Crippen LogP contribution in [0.3, 0.4) is 0 Å². The average molecular weight is 437 g/mol. The molecule has 3 aliphatic carbocycles. The highest BCUT2D eigenvalue weighted by Crippen LogP contribution is 2.44. The highest BCUT2D eigenvalue weighted by Gasteiger charge is 2.41. The molecule has 5 atom stereocenters. The molecule has 0 saturated heterocycles. The van der Waals surface area contributed by atoms with E-state index in [4.69, 9.17) is 5.73 Å². The predicted molar refractivity (Wildman–Crippen MR) is 118 cm³/mol. The van der Waals surface area contributed by atoms with Gasteiger partial charge in [0, 0.05) is 6.04 Å². The summed E-state index contributed by atoms with van der Waals surface area (Å²) >= 11 is 0. The molecule has 0 heterocycles. The molecule has 0 aliphatic heterocycles. The summed E-state index contributed by atoms with van der Waals surface area (Å²) in [6.45, 7) is 0.491. The Bertz CT molecular complexity index is 623. The van der Waals surface area contributed by atoms with Crippen LogP contribution in [-0.2, 0) is 9.59 Å². The molecule has 3 saturated carbocycles. The molecule has 3 fully saturated rings. The zero-order valence-electron chi connectivity index (χ0n) is 18.6. The molecular formula is C23H40N4O4. The standard InChI is InChI=1S/C23H40N4O4/c24-11-5-4-8-18(22(29)30)26-23(31)27-20(13-15-6-2-1-3-7-15)21(28)25-19-14-16-9-10-17(19)12-16/h15-20H,1-14,24H2,(H,25,28)(H,29,30)(H2,26,27,31)/t16?,17?,18-,19?,20-/m0/s1. The minimum Gasteiger partial charge on any atom is -0.480 e. The molecule has 176 valence electrons. The van der Waals surface area contributed by atoms with E-state index in [1.165, 1.54) is 38.5 Å². The van der Waals surface area contributed by atoms with Crippen molar-refractivity contribution in [3.8, 4) is 0 Å². The Morgan fingerprint density at radius 2 is 1.68 bits per heavy atom. The van der Waals surface area contributed by atoms with Gasteiger partial charge in [-0.25, -0.2) is 9.59 Å². The molecule has 3 unspecified atom stereocenters. The van der Waals surface area contributed by atoms with Gasteiger partial charge in [-0.2, -0.15) is 0 Å². The molecule has 0 aromatic carbocycles. The van der Waals surface area contributed by atoms with Crippen molar-refractivity contribution >= 4 is 17.9 Å². The fraction of sp³-hybridized carbons (Fsp3) is 0.870. The van der Waals surface area contributed by atoms with E-state index in [1.807, 2.05) is 0 Å². The molecule has 0 radical (unpaired) electrons.